The third-order valence-electron chi connectivity index (χ3n) is 2.93. The summed E-state index contributed by atoms with van der Waals surface area (Å²) in [6, 6.07) is 5.41. The number of esters is 2. The first-order chi connectivity index (χ1) is 11.8. The van der Waals surface area contributed by atoms with Gasteiger partial charge in [0.2, 0.25) is 5.43 Å². The Morgan fingerprint density at radius 3 is 2.16 bits per heavy atom. The Morgan fingerprint density at radius 2 is 1.56 bits per heavy atom. The van der Waals surface area contributed by atoms with Crippen molar-refractivity contribution >= 4 is 35.1 Å². The van der Waals surface area contributed by atoms with E-state index in [1.165, 1.54) is 45.2 Å². The predicted molar refractivity (Wildman–Crippen MR) is 88.0 cm³/mol. The molecule has 0 saturated heterocycles. The first-order valence-corrected chi connectivity index (χ1v) is 7.39. The fourth-order valence-electron chi connectivity index (χ4n) is 1.76. The molecule has 0 spiro atoms. The fraction of sp³-hybridized carbons (Fsp3) is 0.312. The minimum atomic E-state index is -1.15. The molecule has 9 heteroatoms. The standard InChI is InChI=1S/C16H18N2O7/c1-4-24-15(22)13(20)17-10-8-6-7-9-11(12(10)19)18(3)14(21)16(23)25-5-2/h6-9H,4-5H2,1-3H3,(H,17,19,20). The number of nitrogens with zero attached hydrogens (tertiary/aromatic N) is 1. The molecule has 0 aliphatic rings. The number of amides is 2. The molecule has 0 heterocycles. The maximum atomic E-state index is 12.5. The lowest BCUT2D eigenvalue weighted by Crippen LogP contribution is -2.37. The smallest absolute Gasteiger partial charge is 0.397 e. The maximum Gasteiger partial charge on any atom is 0.397 e. The number of carbonyl (C=O) groups excluding carboxylic acids is 4. The number of hydrogen-bond acceptors (Lipinski definition) is 7. The lowest BCUT2D eigenvalue weighted by molar-refractivity contribution is -0.153. The van der Waals surface area contributed by atoms with Crippen LogP contribution in [0.5, 0.6) is 0 Å². The maximum absolute atomic E-state index is 12.5. The summed E-state index contributed by atoms with van der Waals surface area (Å²) in [5.74, 6) is -4.44. The van der Waals surface area contributed by atoms with Gasteiger partial charge in [0.15, 0.2) is 0 Å². The minimum Gasteiger partial charge on any atom is -0.459 e. The third-order valence-corrected chi connectivity index (χ3v) is 2.93. The molecule has 0 aliphatic heterocycles. The van der Waals surface area contributed by atoms with Gasteiger partial charge in [-0.1, -0.05) is 12.1 Å². The van der Waals surface area contributed by atoms with Crippen molar-refractivity contribution in [1.82, 2.24) is 0 Å². The first-order valence-electron chi connectivity index (χ1n) is 7.39. The number of ether oxygens (including phenoxy) is 2. The van der Waals surface area contributed by atoms with Crippen molar-refractivity contribution in [2.45, 2.75) is 13.8 Å². The van der Waals surface area contributed by atoms with Gasteiger partial charge in [-0.2, -0.15) is 0 Å². The molecule has 1 rings (SSSR count). The SMILES string of the molecule is CCOC(=O)C(=O)Nc1ccccc(N(C)C(=O)C(=O)OCC)c1=O. The van der Waals surface area contributed by atoms with E-state index in [0.29, 0.717) is 0 Å². The van der Waals surface area contributed by atoms with Gasteiger partial charge in [0.1, 0.15) is 0 Å². The molecule has 0 aromatic heterocycles. The van der Waals surface area contributed by atoms with E-state index < -0.39 is 29.2 Å². The van der Waals surface area contributed by atoms with E-state index in [4.69, 9.17) is 0 Å². The Balaban J connectivity index is 3.16. The summed E-state index contributed by atoms with van der Waals surface area (Å²) in [6.07, 6.45) is 0. The monoisotopic (exact) mass is 350 g/mol. The quantitative estimate of drug-likeness (QED) is 0.603. The van der Waals surface area contributed by atoms with Crippen LogP contribution in [0.15, 0.2) is 29.1 Å². The van der Waals surface area contributed by atoms with E-state index >= 15 is 0 Å². The molecule has 1 aromatic carbocycles. The van der Waals surface area contributed by atoms with Crippen molar-refractivity contribution in [2.24, 2.45) is 0 Å². The minimum absolute atomic E-state index is 0.00107. The highest BCUT2D eigenvalue weighted by Gasteiger charge is 2.24. The molecular formula is C16H18N2O7. The topological polar surface area (TPSA) is 119 Å². The first kappa shape index (κ1) is 19.8. The summed E-state index contributed by atoms with van der Waals surface area (Å²) in [6.45, 7) is 3.07. The lowest BCUT2D eigenvalue weighted by atomic mass is 10.3. The fourth-order valence-corrected chi connectivity index (χ4v) is 1.76. The van der Waals surface area contributed by atoms with Crippen LogP contribution < -0.4 is 15.6 Å². The Hall–Kier alpha value is -3.23. The van der Waals surface area contributed by atoms with Crippen LogP contribution in [0.2, 0.25) is 0 Å². The van der Waals surface area contributed by atoms with Crippen molar-refractivity contribution in [3.63, 3.8) is 0 Å². The molecule has 0 bridgehead atoms. The van der Waals surface area contributed by atoms with E-state index in [9.17, 15) is 24.0 Å². The van der Waals surface area contributed by atoms with Gasteiger partial charge in [-0.25, -0.2) is 9.59 Å². The molecule has 0 aliphatic carbocycles. The van der Waals surface area contributed by atoms with Crippen LogP contribution in [-0.2, 0) is 28.7 Å². The van der Waals surface area contributed by atoms with Crippen LogP contribution in [0.1, 0.15) is 13.8 Å². The van der Waals surface area contributed by atoms with E-state index in [0.717, 1.165) is 4.90 Å². The molecule has 0 unspecified atom stereocenters. The van der Waals surface area contributed by atoms with E-state index in [1.807, 2.05) is 0 Å². The normalized spacial score (nSPS) is 9.72. The van der Waals surface area contributed by atoms with Gasteiger partial charge in [0.25, 0.3) is 0 Å². The molecule has 1 aromatic rings. The van der Waals surface area contributed by atoms with E-state index in [-0.39, 0.29) is 24.6 Å². The zero-order valence-electron chi connectivity index (χ0n) is 14.0. The van der Waals surface area contributed by atoms with Gasteiger partial charge in [-0.15, -0.1) is 0 Å². The second kappa shape index (κ2) is 9.16. The number of likely N-dealkylation sites (N-methyl/N-ethyl adjacent to an activating group) is 1. The molecule has 9 nitrogen and oxygen atoms in total. The highest BCUT2D eigenvalue weighted by molar-refractivity contribution is 6.38. The number of nitrogens with one attached hydrogen (secondary N) is 1. The van der Waals surface area contributed by atoms with Gasteiger partial charge in [0.05, 0.1) is 24.6 Å². The van der Waals surface area contributed by atoms with Crippen LogP contribution in [0, 0.1) is 0 Å². The zero-order chi connectivity index (χ0) is 19.0. The molecule has 1 N–H and O–H groups in total. The summed E-state index contributed by atoms with van der Waals surface area (Å²) in [4.78, 5) is 59.8. The van der Waals surface area contributed by atoms with Crippen LogP contribution in [0.3, 0.4) is 0 Å². The Bertz CT molecular complexity index is 745. The van der Waals surface area contributed by atoms with Gasteiger partial charge < -0.3 is 19.7 Å². The lowest BCUT2D eigenvalue weighted by Gasteiger charge is -2.14. The third kappa shape index (κ3) is 5.13. The van der Waals surface area contributed by atoms with Crippen molar-refractivity contribution in [1.29, 1.82) is 0 Å². The number of rotatable bonds is 4. The summed E-state index contributed by atoms with van der Waals surface area (Å²) < 4.78 is 9.13. The molecule has 0 radical (unpaired) electrons. The average molecular weight is 350 g/mol. The molecule has 0 atom stereocenters. The highest BCUT2D eigenvalue weighted by atomic mass is 16.5. The Kier molecular flexibility index (Phi) is 7.26. The molecule has 0 saturated carbocycles. The van der Waals surface area contributed by atoms with Crippen molar-refractivity contribution in [3.05, 3.63) is 34.5 Å². The van der Waals surface area contributed by atoms with E-state index in [2.05, 4.69) is 14.8 Å². The summed E-state index contributed by atoms with van der Waals surface area (Å²) >= 11 is 0. The molecule has 0 fully saturated rings. The predicted octanol–water partition coefficient (Wildman–Crippen LogP) is 0.0743. The van der Waals surface area contributed by atoms with Crippen LogP contribution in [0.4, 0.5) is 11.4 Å². The number of anilines is 2. The molecule has 25 heavy (non-hydrogen) atoms. The van der Waals surface area contributed by atoms with Crippen LogP contribution in [-0.4, -0.2) is 44.0 Å². The summed E-state index contributed by atoms with van der Waals surface area (Å²) in [5, 5.41) is 2.12. The van der Waals surface area contributed by atoms with Crippen LogP contribution >= 0.6 is 0 Å². The van der Waals surface area contributed by atoms with Gasteiger partial charge in [-0.3, -0.25) is 14.4 Å². The van der Waals surface area contributed by atoms with Crippen molar-refractivity contribution in [3.8, 4) is 0 Å². The molecule has 134 valence electrons. The summed E-state index contributed by atoms with van der Waals surface area (Å²) in [5.41, 5.74) is -1.19. The second-order valence-corrected chi connectivity index (χ2v) is 4.61. The Labute approximate surface area is 143 Å². The number of hydrogen-bond donors (Lipinski definition) is 1. The van der Waals surface area contributed by atoms with E-state index in [1.54, 1.807) is 0 Å². The highest BCUT2D eigenvalue weighted by Crippen LogP contribution is 2.10. The van der Waals surface area contributed by atoms with Crippen molar-refractivity contribution < 1.29 is 28.7 Å². The largest absolute Gasteiger partial charge is 0.459 e. The zero-order valence-corrected chi connectivity index (χ0v) is 14.0. The molecule has 2 amide bonds. The number of carbonyl (C=O) groups is 4. The van der Waals surface area contributed by atoms with Gasteiger partial charge in [-0.05, 0) is 26.0 Å². The average Bonchev–Trinajstić information content (AvgIpc) is 2.76. The van der Waals surface area contributed by atoms with Crippen molar-refractivity contribution in [2.75, 3.05) is 30.5 Å². The molecular weight excluding hydrogens is 332 g/mol. The summed E-state index contributed by atoms with van der Waals surface area (Å²) in [7, 11) is 1.22. The van der Waals surface area contributed by atoms with Gasteiger partial charge in [0, 0.05) is 7.05 Å². The Morgan fingerprint density at radius 1 is 1.00 bits per heavy atom. The second-order valence-electron chi connectivity index (χ2n) is 4.61. The van der Waals surface area contributed by atoms with Gasteiger partial charge >= 0.3 is 23.8 Å². The van der Waals surface area contributed by atoms with Crippen LogP contribution in [0.25, 0.3) is 0 Å².